The molecule has 25 heavy (non-hydrogen) atoms. The van der Waals surface area contributed by atoms with Crippen molar-refractivity contribution in [3.05, 3.63) is 53.4 Å². The van der Waals surface area contributed by atoms with Crippen molar-refractivity contribution in [2.75, 3.05) is 20.7 Å². The summed E-state index contributed by atoms with van der Waals surface area (Å²) in [5, 5.41) is 10.4. The van der Waals surface area contributed by atoms with Gasteiger partial charge in [0.1, 0.15) is 12.4 Å². The van der Waals surface area contributed by atoms with Crippen molar-refractivity contribution in [3.63, 3.8) is 0 Å². The molecule has 2 aromatic carbocycles. The molecule has 4 heteroatoms. The van der Waals surface area contributed by atoms with Gasteiger partial charge in [0.25, 0.3) is 0 Å². The van der Waals surface area contributed by atoms with Gasteiger partial charge in [0.15, 0.2) is 11.5 Å². The Hall–Kier alpha value is -2.20. The third-order valence-electron chi connectivity index (χ3n) is 2.91. The van der Waals surface area contributed by atoms with E-state index in [1.807, 2.05) is 0 Å². The van der Waals surface area contributed by atoms with Crippen LogP contribution in [0.15, 0.2) is 42.3 Å². The molecule has 0 radical (unpaired) electrons. The Kier molecular flexibility index (Phi) is 2.59. The standard InChI is InChI=1S/C21H28O4/c1-16-7-6-10-19(13-16)25-15-18(22)9-5-4-8-17-11-12-20(23-2)21(14-17)24-3/h6-7,10-14,18,22H,4-5,8-9,15H2,1-3H3/i2D3,3D3,4D2,6D,7D,8D2,10D,11D,12D,13D,14D. The smallest absolute Gasteiger partial charge is 0.160 e. The predicted octanol–water partition coefficient (Wildman–Crippen LogP) is 4.16. The number of aliphatic hydroxyl groups is 1. The van der Waals surface area contributed by atoms with Crippen molar-refractivity contribution >= 4 is 0 Å². The molecule has 0 bridgehead atoms. The van der Waals surface area contributed by atoms with Crippen LogP contribution >= 0.6 is 0 Å². The molecule has 0 amide bonds. The van der Waals surface area contributed by atoms with Crippen molar-refractivity contribution in [2.45, 2.75) is 38.6 Å². The molecule has 0 aliphatic carbocycles. The van der Waals surface area contributed by atoms with Crippen LogP contribution in [0.1, 0.15) is 53.6 Å². The van der Waals surface area contributed by atoms with Crippen LogP contribution in [0.5, 0.6) is 17.2 Å². The summed E-state index contributed by atoms with van der Waals surface area (Å²) in [7, 11) is -6.61. The van der Waals surface area contributed by atoms with Crippen LogP contribution in [-0.2, 0) is 6.37 Å². The lowest BCUT2D eigenvalue weighted by molar-refractivity contribution is 0.0976. The molecule has 0 aromatic heterocycles. The predicted molar refractivity (Wildman–Crippen MR) is 99.8 cm³/mol. The van der Waals surface area contributed by atoms with Crippen LogP contribution in [-0.4, -0.2) is 31.9 Å². The van der Waals surface area contributed by atoms with Gasteiger partial charge >= 0.3 is 0 Å². The highest BCUT2D eigenvalue weighted by Crippen LogP contribution is 2.28. The topological polar surface area (TPSA) is 47.9 Å². The van der Waals surface area contributed by atoms with Gasteiger partial charge in [0.05, 0.1) is 38.0 Å². The third kappa shape index (κ3) is 6.31. The van der Waals surface area contributed by atoms with E-state index in [1.165, 1.54) is 6.92 Å². The van der Waals surface area contributed by atoms with Crippen molar-refractivity contribution in [1.29, 1.82) is 0 Å². The van der Waals surface area contributed by atoms with Crippen LogP contribution in [0.25, 0.3) is 0 Å². The Bertz CT molecular complexity index is 1290. The molecule has 0 saturated heterocycles. The molecule has 0 heterocycles. The van der Waals surface area contributed by atoms with Gasteiger partial charge in [-0.1, -0.05) is 24.5 Å². The lowest BCUT2D eigenvalue weighted by atomic mass is 10.0. The molecule has 1 atom stereocenters. The highest BCUT2D eigenvalue weighted by atomic mass is 16.5. The fourth-order valence-corrected chi connectivity index (χ4v) is 1.72. The number of ether oxygens (including phenoxy) is 3. The summed E-state index contributed by atoms with van der Waals surface area (Å²) in [6, 6.07) is -5.29. The zero-order valence-corrected chi connectivity index (χ0v) is 13.4. The van der Waals surface area contributed by atoms with Gasteiger partial charge in [-0.15, -0.1) is 0 Å². The first-order chi connectivity index (χ1) is 18.8. The molecule has 0 aliphatic heterocycles. The van der Waals surface area contributed by atoms with E-state index >= 15 is 0 Å². The molecular weight excluding hydrogens is 316 g/mol. The summed E-state index contributed by atoms with van der Waals surface area (Å²) >= 11 is 0. The van der Waals surface area contributed by atoms with E-state index in [9.17, 15) is 5.11 Å². The lowest BCUT2D eigenvalue weighted by Gasteiger charge is -2.13. The minimum atomic E-state index is -3.33. The Balaban J connectivity index is 2.40. The first-order valence-electron chi connectivity index (χ1n) is 15.7. The Labute approximate surface area is 174 Å². The maximum Gasteiger partial charge on any atom is 0.160 e. The van der Waals surface area contributed by atoms with Gasteiger partial charge < -0.3 is 19.3 Å². The van der Waals surface area contributed by atoms with Crippen molar-refractivity contribution < 1.29 is 42.6 Å². The summed E-state index contributed by atoms with van der Waals surface area (Å²) in [5.74, 6) is -2.72. The zero-order valence-electron chi connectivity index (χ0n) is 30.4. The van der Waals surface area contributed by atoms with Gasteiger partial charge in [-0.25, -0.2) is 0 Å². The van der Waals surface area contributed by atoms with E-state index in [0.717, 1.165) is 0 Å². The number of hydrogen-bond donors (Lipinski definition) is 1. The van der Waals surface area contributed by atoms with Crippen molar-refractivity contribution in [2.24, 2.45) is 0 Å². The highest BCUT2D eigenvalue weighted by molar-refractivity contribution is 5.42. The molecule has 0 spiro atoms. The van der Waals surface area contributed by atoms with Crippen molar-refractivity contribution in [3.8, 4) is 17.2 Å². The first kappa shape index (κ1) is 6.51. The van der Waals surface area contributed by atoms with Gasteiger partial charge in [0, 0.05) is 5.48 Å². The summed E-state index contributed by atoms with van der Waals surface area (Å²) in [5.41, 5.74) is -1.06. The third-order valence-corrected chi connectivity index (χ3v) is 2.91. The van der Waals surface area contributed by atoms with E-state index in [4.69, 9.17) is 28.0 Å². The number of rotatable bonds is 10. The van der Waals surface area contributed by atoms with Crippen LogP contribution < -0.4 is 14.2 Å². The SMILES string of the molecule is [2H]c1c([2H])c(C)c([2H])c(OCC(O)CCC([2H])([2H])C([2H])([2H])c2c([2H])c([2H])c(OC([2H])([2H])[2H])c(OC([2H])([2H])[2H])c2[2H])c1[2H]. The number of aliphatic hydroxyl groups excluding tert-OH is 1. The summed E-state index contributed by atoms with van der Waals surface area (Å²) in [6.45, 7) is 0.775. The zero-order chi connectivity index (χ0) is 32.7. The molecule has 2 aromatic rings. The number of methoxy groups -OCH3 is 2. The first-order valence-corrected chi connectivity index (χ1v) is 7.24. The Morgan fingerprint density at radius 2 is 2.00 bits per heavy atom. The fourth-order valence-electron chi connectivity index (χ4n) is 1.72. The molecule has 2 rings (SSSR count). The minimum absolute atomic E-state index is 0.0632. The molecule has 0 saturated carbocycles. The van der Waals surface area contributed by atoms with Crippen molar-refractivity contribution in [1.82, 2.24) is 0 Å². The van der Waals surface area contributed by atoms with E-state index in [1.54, 1.807) is 0 Å². The minimum Gasteiger partial charge on any atom is -0.493 e. The summed E-state index contributed by atoms with van der Waals surface area (Å²) in [6.07, 6.45) is -9.07. The molecule has 0 fully saturated rings. The second-order valence-electron chi connectivity index (χ2n) is 4.87. The van der Waals surface area contributed by atoms with E-state index < -0.39 is 99.6 Å². The number of benzene rings is 2. The highest BCUT2D eigenvalue weighted by Gasteiger charge is 2.07. The van der Waals surface area contributed by atoms with Gasteiger partial charge in [-0.05, 0) is 61.4 Å². The largest absolute Gasteiger partial charge is 0.493 e. The Morgan fingerprint density at radius 3 is 2.84 bits per heavy atom. The second-order valence-corrected chi connectivity index (χ2v) is 4.87. The average molecular weight is 362 g/mol. The number of hydrogen-bond acceptors (Lipinski definition) is 4. The van der Waals surface area contributed by atoms with Crippen LogP contribution in [0.2, 0.25) is 0 Å². The second kappa shape index (κ2) is 9.94. The molecular formula is C21H28O4. The van der Waals surface area contributed by atoms with Gasteiger partial charge in [-0.3, -0.25) is 0 Å². The maximum atomic E-state index is 10.4. The average Bonchev–Trinajstić information content (AvgIpc) is 2.84. The van der Waals surface area contributed by atoms with Crippen LogP contribution in [0.3, 0.4) is 0 Å². The molecule has 1 unspecified atom stereocenters. The monoisotopic (exact) mass is 361 g/mol. The quantitative estimate of drug-likeness (QED) is 0.690. The summed E-state index contributed by atoms with van der Waals surface area (Å²) < 4.78 is 148. The van der Waals surface area contributed by atoms with Crippen LogP contribution in [0.4, 0.5) is 0 Å². The molecule has 1 N–H and O–H groups in total. The summed E-state index contributed by atoms with van der Waals surface area (Å²) in [4.78, 5) is 0. The molecule has 136 valence electrons. The van der Waals surface area contributed by atoms with Gasteiger partial charge in [0.2, 0.25) is 0 Å². The fraction of sp³-hybridized carbons (Fsp3) is 0.429. The Morgan fingerprint density at radius 1 is 1.16 bits per heavy atom. The van der Waals surface area contributed by atoms with Crippen LogP contribution in [0, 0.1) is 6.92 Å². The lowest BCUT2D eigenvalue weighted by Crippen LogP contribution is -2.17. The van der Waals surface area contributed by atoms with E-state index in [0.29, 0.717) is 0 Å². The molecule has 0 aliphatic rings. The maximum absolute atomic E-state index is 10.4. The van der Waals surface area contributed by atoms with Gasteiger partial charge in [-0.2, -0.15) is 0 Å². The van der Waals surface area contributed by atoms with E-state index in [-0.39, 0.29) is 23.4 Å². The molecule has 4 nitrogen and oxygen atoms in total. The van der Waals surface area contributed by atoms with E-state index in [2.05, 4.69) is 9.47 Å². The normalized spacial score (nSPS) is 23.8.